The third kappa shape index (κ3) is 4.52. The van der Waals surface area contributed by atoms with E-state index in [4.69, 9.17) is 9.47 Å². The lowest BCUT2D eigenvalue weighted by Crippen LogP contribution is -2.29. The SMILES string of the molecule is C=CCOc1ccc([C@@H]2C(=C(O)c3ccc(OC)cc3)C(=O)C(=O)N2c2nc(C)c(C(C)=O)s2)cc1. The van der Waals surface area contributed by atoms with Gasteiger partial charge in [0.2, 0.25) is 0 Å². The van der Waals surface area contributed by atoms with Gasteiger partial charge in [-0.25, -0.2) is 4.98 Å². The van der Waals surface area contributed by atoms with E-state index in [-0.39, 0.29) is 22.2 Å². The van der Waals surface area contributed by atoms with Gasteiger partial charge < -0.3 is 14.6 Å². The van der Waals surface area contributed by atoms with Crippen LogP contribution >= 0.6 is 11.3 Å². The maximum Gasteiger partial charge on any atom is 0.301 e. The number of carbonyl (C=O) groups is 3. The molecule has 9 heteroatoms. The van der Waals surface area contributed by atoms with Gasteiger partial charge in [-0.05, 0) is 48.9 Å². The van der Waals surface area contributed by atoms with Crippen LogP contribution in [-0.2, 0) is 9.59 Å². The average Bonchev–Trinajstić information content (AvgIpc) is 3.39. The van der Waals surface area contributed by atoms with Gasteiger partial charge in [-0.2, -0.15) is 0 Å². The number of aliphatic hydroxyl groups is 1. The zero-order valence-electron chi connectivity index (χ0n) is 20.0. The van der Waals surface area contributed by atoms with E-state index in [1.807, 2.05) is 0 Å². The Bertz CT molecular complexity index is 1370. The molecule has 2 aromatic carbocycles. The van der Waals surface area contributed by atoms with Crippen LogP contribution in [0.3, 0.4) is 0 Å². The largest absolute Gasteiger partial charge is 0.507 e. The third-order valence-corrected chi connectivity index (χ3v) is 6.94. The molecule has 0 radical (unpaired) electrons. The Morgan fingerprint density at radius 3 is 2.33 bits per heavy atom. The molecule has 1 aromatic heterocycles. The minimum atomic E-state index is -0.967. The van der Waals surface area contributed by atoms with Gasteiger partial charge in [0, 0.05) is 12.5 Å². The first-order valence-corrected chi connectivity index (χ1v) is 11.9. The van der Waals surface area contributed by atoms with Gasteiger partial charge >= 0.3 is 5.91 Å². The van der Waals surface area contributed by atoms with E-state index in [1.54, 1.807) is 61.5 Å². The number of nitrogens with zero attached hydrogens (tertiary/aromatic N) is 2. The standard InChI is InChI=1S/C27H24N2O6S/c1-5-14-35-20-12-6-17(7-13-20)22-21(23(31)18-8-10-19(34-4)11-9-18)24(32)26(33)29(22)27-28-15(2)25(36-27)16(3)30/h5-13,22,31H,1,14H2,2-4H3/t22-/m1/s1. The fourth-order valence-corrected chi connectivity index (χ4v) is 4.95. The Kier molecular flexibility index (Phi) is 7.03. The van der Waals surface area contributed by atoms with E-state index in [9.17, 15) is 19.5 Å². The molecule has 0 unspecified atom stereocenters. The molecule has 0 spiro atoms. The molecule has 0 bridgehead atoms. The fourth-order valence-electron chi connectivity index (χ4n) is 3.96. The summed E-state index contributed by atoms with van der Waals surface area (Å²) in [6, 6.07) is 12.4. The second kappa shape index (κ2) is 10.2. The zero-order valence-corrected chi connectivity index (χ0v) is 20.8. The third-order valence-electron chi connectivity index (χ3n) is 5.68. The Labute approximate surface area is 212 Å². The number of aryl methyl sites for hydroxylation is 1. The minimum absolute atomic E-state index is 0.0813. The number of anilines is 1. The summed E-state index contributed by atoms with van der Waals surface area (Å²) in [5.41, 5.74) is 1.30. The van der Waals surface area contributed by atoms with Gasteiger partial charge in [-0.1, -0.05) is 36.1 Å². The maximum atomic E-state index is 13.3. The number of aromatic nitrogens is 1. The highest BCUT2D eigenvalue weighted by atomic mass is 32.1. The van der Waals surface area contributed by atoms with Crippen molar-refractivity contribution in [1.29, 1.82) is 0 Å². The second-order valence-electron chi connectivity index (χ2n) is 8.03. The highest BCUT2D eigenvalue weighted by Gasteiger charge is 2.48. The van der Waals surface area contributed by atoms with E-state index in [1.165, 1.54) is 18.9 Å². The number of rotatable bonds is 8. The van der Waals surface area contributed by atoms with E-state index >= 15 is 0 Å². The van der Waals surface area contributed by atoms with Crippen LogP contribution in [0.1, 0.15) is 39.5 Å². The number of ether oxygens (including phenoxy) is 2. The van der Waals surface area contributed by atoms with Crippen LogP contribution in [-0.4, -0.2) is 41.3 Å². The molecule has 8 nitrogen and oxygen atoms in total. The van der Waals surface area contributed by atoms with Crippen molar-refractivity contribution in [1.82, 2.24) is 4.98 Å². The lowest BCUT2D eigenvalue weighted by atomic mass is 9.95. The molecule has 36 heavy (non-hydrogen) atoms. The molecule has 1 N–H and O–H groups in total. The summed E-state index contributed by atoms with van der Waals surface area (Å²) in [6.45, 7) is 7.04. The van der Waals surface area contributed by atoms with E-state index in [0.29, 0.717) is 39.8 Å². The molecule has 1 fully saturated rings. The number of ketones is 2. The van der Waals surface area contributed by atoms with Crippen molar-refractivity contribution in [3.8, 4) is 11.5 Å². The summed E-state index contributed by atoms with van der Waals surface area (Å²) in [5, 5.41) is 11.4. The second-order valence-corrected chi connectivity index (χ2v) is 9.01. The summed E-state index contributed by atoms with van der Waals surface area (Å²) in [4.78, 5) is 44.7. The highest BCUT2D eigenvalue weighted by molar-refractivity contribution is 7.18. The van der Waals surface area contributed by atoms with Crippen molar-refractivity contribution in [2.75, 3.05) is 18.6 Å². The number of carbonyl (C=O) groups excluding carboxylic acids is 3. The molecule has 1 aliphatic rings. The average molecular weight is 505 g/mol. The van der Waals surface area contributed by atoms with Crippen molar-refractivity contribution in [3.05, 3.63) is 88.5 Å². The number of aliphatic hydroxyl groups excluding tert-OH is 1. The molecular weight excluding hydrogens is 480 g/mol. The Balaban J connectivity index is 1.88. The van der Waals surface area contributed by atoms with Crippen LogP contribution in [0.25, 0.3) is 5.76 Å². The van der Waals surface area contributed by atoms with Gasteiger partial charge in [0.15, 0.2) is 10.9 Å². The summed E-state index contributed by atoms with van der Waals surface area (Å²) in [7, 11) is 1.52. The molecule has 0 saturated carbocycles. The van der Waals surface area contributed by atoms with Crippen LogP contribution in [0.15, 0.2) is 66.8 Å². The van der Waals surface area contributed by atoms with Crippen LogP contribution in [0.4, 0.5) is 5.13 Å². The molecule has 1 aliphatic heterocycles. The van der Waals surface area contributed by atoms with Crippen molar-refractivity contribution in [2.45, 2.75) is 19.9 Å². The molecule has 1 saturated heterocycles. The van der Waals surface area contributed by atoms with E-state index < -0.39 is 17.7 Å². The van der Waals surface area contributed by atoms with Gasteiger partial charge in [-0.15, -0.1) is 0 Å². The molecular formula is C27H24N2O6S. The molecule has 3 aromatic rings. The van der Waals surface area contributed by atoms with Crippen molar-refractivity contribution in [2.24, 2.45) is 0 Å². The van der Waals surface area contributed by atoms with Crippen LogP contribution in [0, 0.1) is 6.92 Å². The van der Waals surface area contributed by atoms with Gasteiger partial charge in [0.05, 0.1) is 29.3 Å². The Morgan fingerprint density at radius 1 is 1.14 bits per heavy atom. The molecule has 4 rings (SSSR count). The van der Waals surface area contributed by atoms with Gasteiger partial charge in [0.1, 0.15) is 23.9 Å². The van der Waals surface area contributed by atoms with Crippen LogP contribution < -0.4 is 14.4 Å². The van der Waals surface area contributed by atoms with Crippen molar-refractivity contribution >= 4 is 39.7 Å². The first kappa shape index (κ1) is 24.9. The Morgan fingerprint density at radius 2 is 1.78 bits per heavy atom. The van der Waals surface area contributed by atoms with E-state index in [2.05, 4.69) is 11.6 Å². The summed E-state index contributed by atoms with van der Waals surface area (Å²) in [6.07, 6.45) is 1.62. The van der Waals surface area contributed by atoms with Gasteiger partial charge in [-0.3, -0.25) is 19.3 Å². The number of Topliss-reactive ketones (excluding diaryl/α,β-unsaturated/α-hetero) is 2. The first-order valence-electron chi connectivity index (χ1n) is 11.0. The predicted molar refractivity (Wildman–Crippen MR) is 137 cm³/mol. The molecule has 2 heterocycles. The monoisotopic (exact) mass is 504 g/mol. The molecule has 1 atom stereocenters. The zero-order chi connectivity index (χ0) is 26.0. The van der Waals surface area contributed by atoms with E-state index in [0.717, 1.165) is 11.3 Å². The molecule has 0 aliphatic carbocycles. The van der Waals surface area contributed by atoms with Gasteiger partial charge in [0.25, 0.3) is 5.78 Å². The number of hydrogen-bond donors (Lipinski definition) is 1. The maximum absolute atomic E-state index is 13.3. The van der Waals surface area contributed by atoms with Crippen molar-refractivity contribution < 1.29 is 29.0 Å². The first-order chi connectivity index (χ1) is 17.3. The number of benzene rings is 2. The quantitative estimate of drug-likeness (QED) is 0.154. The summed E-state index contributed by atoms with van der Waals surface area (Å²) in [5.74, 6) is -1.05. The number of thiazole rings is 1. The fraction of sp³-hybridized carbons (Fsp3) is 0.185. The summed E-state index contributed by atoms with van der Waals surface area (Å²) < 4.78 is 10.7. The number of amides is 1. The van der Waals surface area contributed by atoms with Crippen molar-refractivity contribution in [3.63, 3.8) is 0 Å². The lowest BCUT2D eigenvalue weighted by molar-refractivity contribution is -0.132. The minimum Gasteiger partial charge on any atom is -0.507 e. The summed E-state index contributed by atoms with van der Waals surface area (Å²) >= 11 is 1.03. The predicted octanol–water partition coefficient (Wildman–Crippen LogP) is 4.85. The number of methoxy groups -OCH3 is 1. The normalized spacial score (nSPS) is 16.8. The highest BCUT2D eigenvalue weighted by Crippen LogP contribution is 2.44. The van der Waals surface area contributed by atoms with Crippen LogP contribution in [0.5, 0.6) is 11.5 Å². The lowest BCUT2D eigenvalue weighted by Gasteiger charge is -2.23. The van der Waals surface area contributed by atoms with Crippen LogP contribution in [0.2, 0.25) is 0 Å². The number of hydrogen-bond acceptors (Lipinski definition) is 8. The topological polar surface area (TPSA) is 106 Å². The molecule has 1 amide bonds. The molecule has 184 valence electrons. The Hall–Kier alpha value is -4.24. The smallest absolute Gasteiger partial charge is 0.301 e.